The number of rotatable bonds is 8. The molecule has 3 aliphatic heterocycles. The number of amides is 4. The summed E-state index contributed by atoms with van der Waals surface area (Å²) in [5.41, 5.74) is 9.05. The van der Waals surface area contributed by atoms with Crippen LogP contribution in [0.5, 0.6) is 5.75 Å². The number of phenols is 1. The van der Waals surface area contributed by atoms with Crippen LogP contribution in [-0.2, 0) is 22.6 Å². The fraction of sp³-hybridized carbons (Fsp3) is 0.344. The lowest BCUT2D eigenvalue weighted by Crippen LogP contribution is -2.76. The highest BCUT2D eigenvalue weighted by Gasteiger charge is 2.51. The number of hydrazine groups is 3. The Morgan fingerprint density at radius 3 is 2.64 bits per heavy atom. The lowest BCUT2D eigenvalue weighted by atomic mass is 9.96. The van der Waals surface area contributed by atoms with Crippen LogP contribution in [0.2, 0.25) is 0 Å². The molecule has 6 rings (SSSR count). The predicted molar refractivity (Wildman–Crippen MR) is 164 cm³/mol. The van der Waals surface area contributed by atoms with E-state index in [1.807, 2.05) is 48.5 Å². The van der Waals surface area contributed by atoms with Crippen LogP contribution in [0.25, 0.3) is 0 Å². The minimum absolute atomic E-state index is 0.0655. The number of urea groups is 1. The van der Waals surface area contributed by atoms with E-state index in [1.54, 1.807) is 50.2 Å². The molecule has 2 unspecified atom stereocenters. The number of benzene rings is 2. The van der Waals surface area contributed by atoms with Gasteiger partial charge in [0.1, 0.15) is 18.0 Å². The second-order valence-electron chi connectivity index (χ2n) is 11.5. The number of nitrogens with one attached hydrogen (secondary N) is 3. The normalized spacial score (nSPS) is 25.5. The van der Waals surface area contributed by atoms with Gasteiger partial charge in [-0.05, 0) is 28.8 Å². The smallest absolute Gasteiger partial charge is 0.334 e. The first-order valence-electron chi connectivity index (χ1n) is 14.8. The Bertz CT molecular complexity index is 1460. The number of likely N-dealkylation sites (N-methyl/N-ethyl adjacent to an activating group) is 1. The molecule has 3 fully saturated rings. The van der Waals surface area contributed by atoms with Crippen molar-refractivity contribution in [3.63, 3.8) is 0 Å². The molecule has 44 heavy (non-hydrogen) atoms. The molecular weight excluding hydrogens is 560 g/mol. The van der Waals surface area contributed by atoms with Crippen molar-refractivity contribution in [2.75, 3.05) is 33.2 Å². The number of fused-ring (bicyclic) bond motifs is 2. The molecule has 4 atom stereocenters. The third kappa shape index (κ3) is 5.97. The summed E-state index contributed by atoms with van der Waals surface area (Å²) in [4.78, 5) is 45.2. The van der Waals surface area contributed by atoms with Gasteiger partial charge in [0.15, 0.2) is 0 Å². The fourth-order valence-corrected chi connectivity index (χ4v) is 6.34. The molecule has 0 radical (unpaired) electrons. The lowest BCUT2D eigenvalue weighted by molar-refractivity contribution is -0.188. The summed E-state index contributed by atoms with van der Waals surface area (Å²) in [7, 11) is 1.95. The number of hydrogen-bond donors (Lipinski definition) is 4. The lowest BCUT2D eigenvalue weighted by Gasteiger charge is -2.55. The maximum atomic E-state index is 14.2. The summed E-state index contributed by atoms with van der Waals surface area (Å²) in [6, 6.07) is 15.3. The Morgan fingerprint density at radius 1 is 1.11 bits per heavy atom. The van der Waals surface area contributed by atoms with E-state index in [0.29, 0.717) is 13.1 Å². The summed E-state index contributed by atoms with van der Waals surface area (Å²) in [6.07, 6.45) is 7.40. The maximum Gasteiger partial charge on any atom is 0.334 e. The standard InChI is InChI=1S/C32H38N8O4/c1-3-15-38-21-30(42)39-28(16-22-9-12-25(41)13-10-22)31(43)37(19-24-11-14-26-27(17-24)36(2)35-34-26)20-29(39)40(38)32(44)33-18-23-7-5-4-6-8-23/h3-14,17,26-29,34-35,41H,1,15-16,18-21H2,2H3,(H,33,44)/t26?,27?,28-,29-/m0/s1. The minimum Gasteiger partial charge on any atom is -0.508 e. The highest BCUT2D eigenvalue weighted by Crippen LogP contribution is 2.30. The second kappa shape index (κ2) is 12.6. The summed E-state index contributed by atoms with van der Waals surface area (Å²) >= 11 is 0. The summed E-state index contributed by atoms with van der Waals surface area (Å²) in [6.45, 7) is 4.86. The molecule has 0 aromatic heterocycles. The largest absolute Gasteiger partial charge is 0.508 e. The van der Waals surface area contributed by atoms with Gasteiger partial charge in [0.05, 0.1) is 25.2 Å². The van der Waals surface area contributed by atoms with Crippen LogP contribution in [0.1, 0.15) is 11.1 Å². The summed E-state index contributed by atoms with van der Waals surface area (Å²) < 4.78 is 0. The van der Waals surface area contributed by atoms with E-state index in [-0.39, 0.29) is 61.7 Å². The second-order valence-corrected chi connectivity index (χ2v) is 11.5. The molecule has 0 spiro atoms. The molecule has 4 N–H and O–H groups in total. The van der Waals surface area contributed by atoms with Gasteiger partial charge in [0.2, 0.25) is 11.8 Å². The number of nitrogens with zero attached hydrogens (tertiary/aromatic N) is 5. The minimum atomic E-state index is -0.834. The van der Waals surface area contributed by atoms with Crippen molar-refractivity contribution in [3.8, 4) is 5.75 Å². The number of aromatic hydroxyl groups is 1. The zero-order chi connectivity index (χ0) is 30.8. The van der Waals surface area contributed by atoms with Crippen molar-refractivity contribution < 1.29 is 19.5 Å². The molecule has 230 valence electrons. The van der Waals surface area contributed by atoms with Crippen molar-refractivity contribution in [2.45, 2.75) is 37.3 Å². The Morgan fingerprint density at radius 2 is 1.89 bits per heavy atom. The van der Waals surface area contributed by atoms with Gasteiger partial charge in [0, 0.05) is 33.1 Å². The highest BCUT2D eigenvalue weighted by molar-refractivity contribution is 5.92. The molecule has 12 heteroatoms. The van der Waals surface area contributed by atoms with Gasteiger partial charge in [0.25, 0.3) is 0 Å². The van der Waals surface area contributed by atoms with Crippen LogP contribution in [0.15, 0.2) is 91.1 Å². The van der Waals surface area contributed by atoms with Crippen LogP contribution in [0, 0.1) is 0 Å². The number of carbonyl (C=O) groups excluding carboxylic acids is 3. The molecular formula is C32H38N8O4. The number of piperazine rings is 1. The predicted octanol–water partition coefficient (Wildman–Crippen LogP) is 1.12. The van der Waals surface area contributed by atoms with Gasteiger partial charge < -0.3 is 20.2 Å². The Balaban J connectivity index is 1.32. The van der Waals surface area contributed by atoms with E-state index in [2.05, 4.69) is 35.0 Å². The summed E-state index contributed by atoms with van der Waals surface area (Å²) in [5, 5.41) is 18.1. The van der Waals surface area contributed by atoms with E-state index in [4.69, 9.17) is 0 Å². The maximum absolute atomic E-state index is 14.2. The molecule has 3 heterocycles. The highest BCUT2D eigenvalue weighted by atomic mass is 16.3. The van der Waals surface area contributed by atoms with E-state index in [0.717, 1.165) is 16.7 Å². The van der Waals surface area contributed by atoms with Gasteiger partial charge in [-0.2, -0.15) is 5.53 Å². The molecule has 3 saturated heterocycles. The molecule has 2 aromatic rings. The average Bonchev–Trinajstić information content (AvgIpc) is 3.39. The molecule has 0 saturated carbocycles. The van der Waals surface area contributed by atoms with Crippen molar-refractivity contribution in [3.05, 3.63) is 102 Å². The van der Waals surface area contributed by atoms with Gasteiger partial charge in [-0.1, -0.05) is 66.8 Å². The van der Waals surface area contributed by atoms with E-state index in [1.165, 1.54) is 0 Å². The third-order valence-corrected chi connectivity index (χ3v) is 8.53. The Hall–Kier alpha value is -4.49. The van der Waals surface area contributed by atoms with Gasteiger partial charge in [-0.15, -0.1) is 6.58 Å². The van der Waals surface area contributed by atoms with E-state index >= 15 is 0 Å². The van der Waals surface area contributed by atoms with Crippen LogP contribution >= 0.6 is 0 Å². The molecule has 4 aliphatic rings. The number of phenolic OH excluding ortho intramolecular Hbond substituents is 1. The molecule has 12 nitrogen and oxygen atoms in total. The molecule has 2 aromatic carbocycles. The van der Waals surface area contributed by atoms with Gasteiger partial charge in [-0.25, -0.2) is 25.2 Å². The first-order chi connectivity index (χ1) is 21.3. The van der Waals surface area contributed by atoms with Crippen molar-refractivity contribution in [1.29, 1.82) is 0 Å². The van der Waals surface area contributed by atoms with Crippen LogP contribution in [-0.4, -0.2) is 105 Å². The van der Waals surface area contributed by atoms with Crippen LogP contribution in [0.3, 0.4) is 0 Å². The monoisotopic (exact) mass is 598 g/mol. The molecule has 4 amide bonds. The average molecular weight is 599 g/mol. The Labute approximate surface area is 256 Å². The Kier molecular flexibility index (Phi) is 8.49. The first kappa shape index (κ1) is 29.6. The van der Waals surface area contributed by atoms with Crippen molar-refractivity contribution in [2.24, 2.45) is 0 Å². The first-order valence-corrected chi connectivity index (χ1v) is 14.8. The molecule has 1 aliphatic carbocycles. The SMILES string of the molecule is C=CCN1CC(=O)N2[C@@H](Cc3ccc(O)cc3)C(=O)N(CC3=CC4C(C=C3)NNN4C)C[C@@H]2N1C(=O)NCc1ccccc1. The molecule has 0 bridgehead atoms. The van der Waals surface area contributed by atoms with Crippen LogP contribution in [0.4, 0.5) is 4.79 Å². The van der Waals surface area contributed by atoms with Gasteiger partial charge >= 0.3 is 6.03 Å². The van der Waals surface area contributed by atoms with E-state index < -0.39 is 12.2 Å². The number of hydrogen-bond acceptors (Lipinski definition) is 8. The third-order valence-electron chi connectivity index (χ3n) is 8.53. The van der Waals surface area contributed by atoms with Crippen molar-refractivity contribution >= 4 is 17.8 Å². The summed E-state index contributed by atoms with van der Waals surface area (Å²) in [5.74, 6) is -0.296. The fourth-order valence-electron chi connectivity index (χ4n) is 6.34. The zero-order valence-corrected chi connectivity index (χ0v) is 24.7. The van der Waals surface area contributed by atoms with E-state index in [9.17, 15) is 19.5 Å². The zero-order valence-electron chi connectivity index (χ0n) is 24.7. The van der Waals surface area contributed by atoms with Gasteiger partial charge in [-0.3, -0.25) is 9.59 Å². The number of carbonyl (C=O) groups is 3. The van der Waals surface area contributed by atoms with Crippen molar-refractivity contribution in [1.82, 2.24) is 41.1 Å². The van der Waals surface area contributed by atoms with Crippen LogP contribution < -0.4 is 16.3 Å². The topological polar surface area (TPSA) is 124 Å². The quantitative estimate of drug-likeness (QED) is 0.334.